The first-order valence-corrected chi connectivity index (χ1v) is 6.86. The van der Waals surface area contributed by atoms with Gasteiger partial charge in [-0.3, -0.25) is 0 Å². The van der Waals surface area contributed by atoms with E-state index in [0.717, 1.165) is 37.7 Å². The van der Waals surface area contributed by atoms with E-state index in [2.05, 4.69) is 5.32 Å². The van der Waals surface area contributed by atoms with Gasteiger partial charge in [0.25, 0.3) is 0 Å². The van der Waals surface area contributed by atoms with Crippen LogP contribution in [0.1, 0.15) is 43.6 Å². The molecular weight excluding hydrogens is 229 g/mol. The maximum Gasteiger partial charge on any atom is 0.126 e. The third kappa shape index (κ3) is 2.29. The van der Waals surface area contributed by atoms with E-state index in [-0.39, 0.29) is 5.82 Å². The van der Waals surface area contributed by atoms with E-state index in [1.165, 1.54) is 6.07 Å². The van der Waals surface area contributed by atoms with Crippen molar-refractivity contribution in [3.05, 3.63) is 35.6 Å². The Hall–Kier alpha value is -0.930. The molecule has 0 unspecified atom stereocenters. The molecule has 0 radical (unpaired) electrons. The van der Waals surface area contributed by atoms with Crippen LogP contribution >= 0.6 is 0 Å². The van der Waals surface area contributed by atoms with Crippen LogP contribution in [0.15, 0.2) is 24.3 Å². The van der Waals surface area contributed by atoms with Gasteiger partial charge in [0.05, 0.1) is 5.60 Å². The molecule has 3 heteroatoms. The van der Waals surface area contributed by atoms with Crippen LogP contribution in [0, 0.1) is 5.82 Å². The minimum absolute atomic E-state index is 0.0847. The fourth-order valence-corrected chi connectivity index (χ4v) is 2.94. The Morgan fingerprint density at radius 2 is 2.00 bits per heavy atom. The van der Waals surface area contributed by atoms with Crippen LogP contribution in [0.5, 0.6) is 0 Å². The minimum atomic E-state index is -0.455. The first-order chi connectivity index (χ1) is 8.66. The van der Waals surface area contributed by atoms with E-state index in [0.29, 0.717) is 18.5 Å². The molecule has 0 heterocycles. The molecule has 0 amide bonds. The third-order valence-corrected chi connectivity index (χ3v) is 4.49. The number of rotatable bonds is 4. The SMILES string of the molecule is OC1(CNC2CC(c3ccccc3F)C2)CCC1. The molecule has 1 aromatic carbocycles. The molecule has 2 aliphatic rings. The normalized spacial score (nSPS) is 29.4. The van der Waals surface area contributed by atoms with Gasteiger partial charge in [-0.2, -0.15) is 0 Å². The van der Waals surface area contributed by atoms with Crippen LogP contribution in [0.25, 0.3) is 0 Å². The van der Waals surface area contributed by atoms with Gasteiger partial charge >= 0.3 is 0 Å². The molecule has 1 aromatic rings. The van der Waals surface area contributed by atoms with Crippen LogP contribution in [0.4, 0.5) is 4.39 Å². The molecule has 3 rings (SSSR count). The number of aliphatic hydroxyl groups is 1. The summed E-state index contributed by atoms with van der Waals surface area (Å²) in [6, 6.07) is 7.50. The molecule has 18 heavy (non-hydrogen) atoms. The number of hydrogen-bond donors (Lipinski definition) is 2. The molecule has 2 aliphatic carbocycles. The van der Waals surface area contributed by atoms with E-state index in [1.807, 2.05) is 12.1 Å². The van der Waals surface area contributed by atoms with Crippen molar-refractivity contribution in [1.82, 2.24) is 5.32 Å². The molecule has 0 saturated heterocycles. The summed E-state index contributed by atoms with van der Waals surface area (Å²) in [5.41, 5.74) is 0.390. The minimum Gasteiger partial charge on any atom is -0.389 e. The highest BCUT2D eigenvalue weighted by Crippen LogP contribution is 2.39. The Morgan fingerprint density at radius 3 is 2.61 bits per heavy atom. The van der Waals surface area contributed by atoms with Gasteiger partial charge in [0, 0.05) is 12.6 Å². The smallest absolute Gasteiger partial charge is 0.126 e. The molecular formula is C15H20FNO. The summed E-state index contributed by atoms with van der Waals surface area (Å²) in [6.07, 6.45) is 4.95. The molecule has 98 valence electrons. The average Bonchev–Trinajstić information content (AvgIpc) is 2.27. The zero-order valence-corrected chi connectivity index (χ0v) is 10.5. The molecule has 2 N–H and O–H groups in total. The summed E-state index contributed by atoms with van der Waals surface area (Å²) in [5.74, 6) is 0.262. The van der Waals surface area contributed by atoms with Crippen molar-refractivity contribution in [2.75, 3.05) is 6.54 Å². The number of nitrogens with one attached hydrogen (secondary N) is 1. The lowest BCUT2D eigenvalue weighted by Crippen LogP contribution is -2.51. The summed E-state index contributed by atoms with van der Waals surface area (Å²) in [4.78, 5) is 0. The van der Waals surface area contributed by atoms with Gasteiger partial charge in [0.1, 0.15) is 5.82 Å². The summed E-state index contributed by atoms with van der Waals surface area (Å²) in [5, 5.41) is 13.4. The maximum absolute atomic E-state index is 13.6. The first-order valence-electron chi connectivity index (χ1n) is 6.86. The highest BCUT2D eigenvalue weighted by molar-refractivity contribution is 5.24. The van der Waals surface area contributed by atoms with E-state index < -0.39 is 5.60 Å². The van der Waals surface area contributed by atoms with Crippen LogP contribution in [-0.2, 0) is 0 Å². The number of halogens is 1. The van der Waals surface area contributed by atoms with Gasteiger partial charge in [-0.1, -0.05) is 18.2 Å². The molecule has 2 fully saturated rings. The summed E-state index contributed by atoms with van der Waals surface area (Å²) < 4.78 is 13.6. The Balaban J connectivity index is 1.47. The van der Waals surface area contributed by atoms with Gasteiger partial charge in [-0.15, -0.1) is 0 Å². The van der Waals surface area contributed by atoms with Crippen molar-refractivity contribution in [1.29, 1.82) is 0 Å². The average molecular weight is 249 g/mol. The number of hydrogen-bond acceptors (Lipinski definition) is 2. The Bertz CT molecular complexity index is 424. The van der Waals surface area contributed by atoms with Gasteiger partial charge in [0.2, 0.25) is 0 Å². The van der Waals surface area contributed by atoms with Crippen molar-refractivity contribution < 1.29 is 9.50 Å². The second-order valence-corrected chi connectivity index (χ2v) is 5.85. The third-order valence-electron chi connectivity index (χ3n) is 4.49. The Morgan fingerprint density at radius 1 is 1.28 bits per heavy atom. The summed E-state index contributed by atoms with van der Waals surface area (Å²) in [6.45, 7) is 0.696. The molecule has 2 saturated carbocycles. The van der Waals surface area contributed by atoms with Crippen LogP contribution in [-0.4, -0.2) is 23.3 Å². The first kappa shape index (κ1) is 12.1. The zero-order valence-electron chi connectivity index (χ0n) is 10.5. The monoisotopic (exact) mass is 249 g/mol. The van der Waals surface area contributed by atoms with Crippen LogP contribution in [0.3, 0.4) is 0 Å². The van der Waals surface area contributed by atoms with E-state index in [4.69, 9.17) is 0 Å². The standard InChI is InChI=1S/C15H20FNO/c16-14-5-2-1-4-13(14)11-8-12(9-11)17-10-15(18)6-3-7-15/h1-2,4-5,11-12,17-18H,3,6-10H2. The molecule has 0 bridgehead atoms. The zero-order chi connectivity index (χ0) is 12.6. The quantitative estimate of drug-likeness (QED) is 0.859. The molecule has 0 spiro atoms. The van der Waals surface area contributed by atoms with Crippen LogP contribution < -0.4 is 5.32 Å². The van der Waals surface area contributed by atoms with Crippen LogP contribution in [0.2, 0.25) is 0 Å². The summed E-state index contributed by atoms with van der Waals surface area (Å²) >= 11 is 0. The van der Waals surface area contributed by atoms with E-state index >= 15 is 0 Å². The van der Waals surface area contributed by atoms with Crippen molar-refractivity contribution >= 4 is 0 Å². The molecule has 0 aliphatic heterocycles. The van der Waals surface area contributed by atoms with E-state index in [1.54, 1.807) is 6.07 Å². The van der Waals surface area contributed by atoms with Crippen molar-refractivity contribution in [3.63, 3.8) is 0 Å². The van der Waals surface area contributed by atoms with Gasteiger partial charge in [0.15, 0.2) is 0 Å². The second kappa shape index (κ2) is 4.63. The number of benzene rings is 1. The fraction of sp³-hybridized carbons (Fsp3) is 0.600. The molecule has 0 aromatic heterocycles. The fourth-order valence-electron chi connectivity index (χ4n) is 2.94. The lowest BCUT2D eigenvalue weighted by atomic mass is 9.74. The van der Waals surface area contributed by atoms with Gasteiger partial charge in [-0.25, -0.2) is 4.39 Å². The van der Waals surface area contributed by atoms with Gasteiger partial charge < -0.3 is 10.4 Å². The predicted molar refractivity (Wildman–Crippen MR) is 69.0 cm³/mol. The lowest BCUT2D eigenvalue weighted by molar-refractivity contribution is -0.0355. The highest BCUT2D eigenvalue weighted by atomic mass is 19.1. The predicted octanol–water partition coefficient (Wildman–Crippen LogP) is 2.58. The highest BCUT2D eigenvalue weighted by Gasteiger charge is 2.37. The summed E-state index contributed by atoms with van der Waals surface area (Å²) in [7, 11) is 0. The van der Waals surface area contributed by atoms with Crippen molar-refractivity contribution in [2.24, 2.45) is 0 Å². The van der Waals surface area contributed by atoms with E-state index in [9.17, 15) is 9.50 Å². The Kier molecular flexibility index (Phi) is 3.12. The van der Waals surface area contributed by atoms with Crippen molar-refractivity contribution in [2.45, 2.75) is 49.7 Å². The topological polar surface area (TPSA) is 32.3 Å². The Labute approximate surface area is 107 Å². The lowest BCUT2D eigenvalue weighted by Gasteiger charge is -2.42. The maximum atomic E-state index is 13.6. The molecule has 2 nitrogen and oxygen atoms in total. The van der Waals surface area contributed by atoms with Gasteiger partial charge in [-0.05, 0) is 49.7 Å². The molecule has 0 atom stereocenters. The second-order valence-electron chi connectivity index (χ2n) is 5.85. The largest absolute Gasteiger partial charge is 0.389 e. The van der Waals surface area contributed by atoms with Crippen molar-refractivity contribution in [3.8, 4) is 0 Å².